The molecule has 0 aromatic carbocycles. The van der Waals surface area contributed by atoms with Crippen LogP contribution in [0.4, 0.5) is 0 Å². The second-order valence-electron chi connectivity index (χ2n) is 16.2. The van der Waals surface area contributed by atoms with Gasteiger partial charge in [0.05, 0.1) is 25.4 Å². The largest absolute Gasteiger partial charge is 0.394 e. The van der Waals surface area contributed by atoms with Gasteiger partial charge in [-0.25, -0.2) is 0 Å². The number of aliphatic hydroxyl groups is 5. The van der Waals surface area contributed by atoms with Gasteiger partial charge in [0.1, 0.15) is 24.4 Å². The zero-order valence-electron chi connectivity index (χ0n) is 34.5. The number of unbranched alkanes of at least 4 members (excludes halogenated alkanes) is 28. The molecule has 53 heavy (non-hydrogen) atoms. The fourth-order valence-corrected chi connectivity index (χ4v) is 7.51. The third kappa shape index (κ3) is 26.6. The first-order valence-corrected chi connectivity index (χ1v) is 22.7. The van der Waals surface area contributed by atoms with Gasteiger partial charge in [0.15, 0.2) is 6.29 Å². The van der Waals surface area contributed by atoms with Crippen molar-refractivity contribution in [3.05, 3.63) is 0 Å². The highest BCUT2D eigenvalue weighted by Crippen LogP contribution is 2.23. The molecule has 9 nitrogen and oxygen atoms in total. The minimum Gasteiger partial charge on any atom is -0.394 e. The maximum Gasteiger partial charge on any atom is 0.220 e. The van der Waals surface area contributed by atoms with Gasteiger partial charge in [-0.3, -0.25) is 4.79 Å². The van der Waals surface area contributed by atoms with Gasteiger partial charge in [-0.2, -0.15) is 0 Å². The van der Waals surface area contributed by atoms with Crippen molar-refractivity contribution in [2.75, 3.05) is 13.2 Å². The average Bonchev–Trinajstić information content (AvgIpc) is 3.16. The predicted molar refractivity (Wildman–Crippen MR) is 217 cm³/mol. The maximum atomic E-state index is 12.9. The van der Waals surface area contributed by atoms with Gasteiger partial charge in [-0.15, -0.1) is 0 Å². The Bertz CT molecular complexity index is 801. The third-order valence-corrected chi connectivity index (χ3v) is 11.2. The fraction of sp³-hybridized carbons (Fsp3) is 0.977. The van der Waals surface area contributed by atoms with Crippen molar-refractivity contribution >= 4 is 5.91 Å². The maximum absolute atomic E-state index is 12.9. The van der Waals surface area contributed by atoms with Crippen molar-refractivity contribution in [2.24, 2.45) is 0 Å². The second kappa shape index (κ2) is 35.6. The summed E-state index contributed by atoms with van der Waals surface area (Å²) in [6.45, 7) is 3.78. The SMILES string of the molecule is CCCCCCCCCCCCCCCCCCCCCCCCCCC(=O)NC(COC1OC(CO)C(O)C(O)C1O)C(O)CCCCCCCC. The number of carbonyl (C=O) groups excluding carboxylic acids is 1. The number of rotatable bonds is 38. The van der Waals surface area contributed by atoms with Crippen LogP contribution in [0.1, 0.15) is 219 Å². The number of hydrogen-bond donors (Lipinski definition) is 6. The Morgan fingerprint density at radius 1 is 0.566 bits per heavy atom. The Balaban J connectivity index is 2.13. The van der Waals surface area contributed by atoms with Crippen LogP contribution in [0.15, 0.2) is 0 Å². The molecule has 0 bridgehead atoms. The number of aliphatic hydroxyl groups excluding tert-OH is 5. The van der Waals surface area contributed by atoms with Gasteiger partial charge in [-0.05, 0) is 12.8 Å². The zero-order valence-corrected chi connectivity index (χ0v) is 34.5. The van der Waals surface area contributed by atoms with Gasteiger partial charge >= 0.3 is 0 Å². The number of carbonyl (C=O) groups is 1. The number of nitrogens with one attached hydrogen (secondary N) is 1. The Morgan fingerprint density at radius 3 is 1.34 bits per heavy atom. The molecule has 1 saturated heterocycles. The van der Waals surface area contributed by atoms with Crippen LogP contribution in [-0.2, 0) is 14.3 Å². The zero-order chi connectivity index (χ0) is 38.8. The van der Waals surface area contributed by atoms with Crippen molar-refractivity contribution < 1.29 is 39.8 Å². The molecule has 316 valence electrons. The van der Waals surface area contributed by atoms with Crippen LogP contribution in [0.2, 0.25) is 0 Å². The standard InChI is InChI=1S/C44H87NO8/c1-3-5-7-9-11-12-13-14-15-16-17-18-19-20-21-22-23-24-25-26-27-28-30-32-34-40(48)45-37(38(47)33-31-29-10-8-6-4-2)36-52-44-43(51)42(50)41(49)39(35-46)53-44/h37-39,41-44,46-47,49-51H,3-36H2,1-2H3,(H,45,48). The molecule has 0 radical (unpaired) electrons. The van der Waals surface area contributed by atoms with Gasteiger partial charge < -0.3 is 40.3 Å². The lowest BCUT2D eigenvalue weighted by Gasteiger charge is -2.40. The van der Waals surface area contributed by atoms with E-state index in [2.05, 4.69) is 19.2 Å². The van der Waals surface area contributed by atoms with Crippen molar-refractivity contribution in [1.29, 1.82) is 0 Å². The normalized spacial score (nSPS) is 21.5. The van der Waals surface area contributed by atoms with E-state index >= 15 is 0 Å². The lowest BCUT2D eigenvalue weighted by Crippen LogP contribution is -2.60. The molecule has 0 aromatic heterocycles. The molecular formula is C44H87NO8. The van der Waals surface area contributed by atoms with E-state index in [-0.39, 0.29) is 12.5 Å². The fourth-order valence-electron chi connectivity index (χ4n) is 7.51. The molecule has 1 aliphatic heterocycles. The van der Waals surface area contributed by atoms with Crippen molar-refractivity contribution in [3.63, 3.8) is 0 Å². The molecule has 1 amide bonds. The summed E-state index contributed by atoms with van der Waals surface area (Å²) in [5.74, 6) is -0.145. The summed E-state index contributed by atoms with van der Waals surface area (Å²) in [7, 11) is 0. The summed E-state index contributed by atoms with van der Waals surface area (Å²) in [4.78, 5) is 12.9. The molecule has 0 aliphatic carbocycles. The van der Waals surface area contributed by atoms with Crippen LogP contribution in [0.5, 0.6) is 0 Å². The van der Waals surface area contributed by atoms with E-state index in [1.54, 1.807) is 0 Å². The molecule has 0 saturated carbocycles. The smallest absolute Gasteiger partial charge is 0.220 e. The molecular weight excluding hydrogens is 670 g/mol. The summed E-state index contributed by atoms with van der Waals surface area (Å²) >= 11 is 0. The van der Waals surface area contributed by atoms with Crippen LogP contribution in [0.25, 0.3) is 0 Å². The van der Waals surface area contributed by atoms with E-state index in [0.717, 1.165) is 38.5 Å². The van der Waals surface area contributed by atoms with Crippen molar-refractivity contribution in [3.8, 4) is 0 Å². The summed E-state index contributed by atoms with van der Waals surface area (Å²) in [6.07, 6.45) is 31.6. The van der Waals surface area contributed by atoms with Crippen LogP contribution in [-0.4, -0.2) is 87.5 Å². The summed E-state index contributed by atoms with van der Waals surface area (Å²) < 4.78 is 11.2. The van der Waals surface area contributed by atoms with E-state index < -0.39 is 49.5 Å². The van der Waals surface area contributed by atoms with Crippen molar-refractivity contribution in [1.82, 2.24) is 5.32 Å². The average molecular weight is 758 g/mol. The molecule has 0 spiro atoms. The van der Waals surface area contributed by atoms with Gasteiger partial charge in [0.2, 0.25) is 5.91 Å². The number of ether oxygens (including phenoxy) is 2. The first-order chi connectivity index (χ1) is 25.8. The molecule has 1 heterocycles. The van der Waals surface area contributed by atoms with E-state index in [4.69, 9.17) is 9.47 Å². The van der Waals surface area contributed by atoms with Gasteiger partial charge in [0.25, 0.3) is 0 Å². The predicted octanol–water partition coefficient (Wildman–Crippen LogP) is 9.17. The van der Waals surface area contributed by atoms with E-state index in [9.17, 15) is 30.3 Å². The highest BCUT2D eigenvalue weighted by atomic mass is 16.7. The first-order valence-electron chi connectivity index (χ1n) is 22.7. The molecule has 0 aromatic rings. The summed E-state index contributed by atoms with van der Waals surface area (Å²) in [5.41, 5.74) is 0. The van der Waals surface area contributed by atoms with E-state index in [1.807, 2.05) is 0 Å². The van der Waals surface area contributed by atoms with Crippen LogP contribution < -0.4 is 5.32 Å². The number of amides is 1. The highest BCUT2D eigenvalue weighted by Gasteiger charge is 2.44. The molecule has 7 unspecified atom stereocenters. The Labute approximate surface area is 325 Å². The van der Waals surface area contributed by atoms with E-state index in [1.165, 1.54) is 154 Å². The van der Waals surface area contributed by atoms with Crippen LogP contribution in [0, 0.1) is 0 Å². The summed E-state index contributed by atoms with van der Waals surface area (Å²) in [5, 5.41) is 53.9. The van der Waals surface area contributed by atoms with E-state index in [0.29, 0.717) is 12.8 Å². The molecule has 1 rings (SSSR count). The molecule has 1 fully saturated rings. The summed E-state index contributed by atoms with van der Waals surface area (Å²) in [6, 6.07) is -0.708. The highest BCUT2D eigenvalue weighted by molar-refractivity contribution is 5.76. The molecule has 9 heteroatoms. The monoisotopic (exact) mass is 758 g/mol. The lowest BCUT2D eigenvalue weighted by molar-refractivity contribution is -0.302. The van der Waals surface area contributed by atoms with Crippen LogP contribution in [0.3, 0.4) is 0 Å². The minimum absolute atomic E-state index is 0.134. The Morgan fingerprint density at radius 2 is 0.943 bits per heavy atom. The van der Waals surface area contributed by atoms with Crippen LogP contribution >= 0.6 is 0 Å². The molecule has 1 aliphatic rings. The second-order valence-corrected chi connectivity index (χ2v) is 16.2. The quantitative estimate of drug-likeness (QED) is 0.0342. The first kappa shape index (κ1) is 50.2. The van der Waals surface area contributed by atoms with Gasteiger partial charge in [-0.1, -0.05) is 200 Å². The molecule has 7 atom stereocenters. The molecule has 6 N–H and O–H groups in total. The Hall–Kier alpha value is -0.810. The minimum atomic E-state index is -1.55. The number of hydrogen-bond acceptors (Lipinski definition) is 8. The van der Waals surface area contributed by atoms with Crippen molar-refractivity contribution in [2.45, 2.75) is 262 Å². The Kier molecular flexibility index (Phi) is 33.7. The lowest BCUT2D eigenvalue weighted by atomic mass is 9.99. The third-order valence-electron chi connectivity index (χ3n) is 11.2. The topological polar surface area (TPSA) is 149 Å². The van der Waals surface area contributed by atoms with Gasteiger partial charge in [0, 0.05) is 6.42 Å².